The summed E-state index contributed by atoms with van der Waals surface area (Å²) in [4.78, 5) is 19.0. The number of rotatable bonds is 4. The smallest absolute Gasteiger partial charge is 0.298 e. The number of aryl methyl sites for hydroxylation is 1. The predicted molar refractivity (Wildman–Crippen MR) is 102 cm³/mol. The lowest BCUT2D eigenvalue weighted by Gasteiger charge is -2.30. The van der Waals surface area contributed by atoms with Crippen molar-refractivity contribution in [1.82, 2.24) is 10.3 Å². The van der Waals surface area contributed by atoms with E-state index in [1.165, 1.54) is 0 Å². The van der Waals surface area contributed by atoms with Gasteiger partial charge in [0.2, 0.25) is 0 Å². The van der Waals surface area contributed by atoms with Gasteiger partial charge in [0.05, 0.1) is 0 Å². The van der Waals surface area contributed by atoms with Crippen molar-refractivity contribution in [2.45, 2.75) is 19.8 Å². The number of hydrogen-bond acceptors (Lipinski definition) is 4. The van der Waals surface area contributed by atoms with Gasteiger partial charge in [0, 0.05) is 25.2 Å². The maximum atomic E-state index is 12.2. The van der Waals surface area contributed by atoms with E-state index in [1.54, 1.807) is 0 Å². The number of carbonyl (C=O) groups excluding carboxylic acids is 1. The highest BCUT2D eigenvalue weighted by Crippen LogP contribution is 2.26. The first-order chi connectivity index (χ1) is 12.7. The lowest BCUT2D eigenvalue weighted by Crippen LogP contribution is -2.38. The fourth-order valence-electron chi connectivity index (χ4n) is 3.37. The number of nitrogens with one attached hydrogen (secondary N) is 1. The standard InChI is InChI=1S/C21H23N3O2/c1-15-6-8-17(9-7-15)20(25)22-14-16-10-12-24(13-11-16)21-23-18-4-2-3-5-19(18)26-21/h2-9,16H,10-14H2,1H3,(H,22,25). The molecule has 0 spiro atoms. The van der Waals surface area contributed by atoms with Gasteiger partial charge < -0.3 is 14.6 Å². The van der Waals surface area contributed by atoms with Crippen molar-refractivity contribution in [3.63, 3.8) is 0 Å². The van der Waals surface area contributed by atoms with Gasteiger partial charge in [0.15, 0.2) is 5.58 Å². The molecule has 1 amide bonds. The average Bonchev–Trinajstić information content (AvgIpc) is 3.11. The van der Waals surface area contributed by atoms with Crippen LogP contribution in [0.4, 0.5) is 6.01 Å². The zero-order chi connectivity index (χ0) is 17.9. The van der Waals surface area contributed by atoms with Gasteiger partial charge in [0.1, 0.15) is 5.52 Å². The molecule has 0 unspecified atom stereocenters. The number of piperidine rings is 1. The summed E-state index contributed by atoms with van der Waals surface area (Å²) in [5.41, 5.74) is 3.61. The van der Waals surface area contributed by atoms with Crippen molar-refractivity contribution in [2.75, 3.05) is 24.5 Å². The molecule has 0 saturated carbocycles. The highest BCUT2D eigenvalue weighted by Gasteiger charge is 2.23. The third-order valence-electron chi connectivity index (χ3n) is 5.03. The van der Waals surface area contributed by atoms with Crippen LogP contribution in [0.5, 0.6) is 0 Å². The number of benzene rings is 2. The summed E-state index contributed by atoms with van der Waals surface area (Å²) < 4.78 is 5.85. The summed E-state index contributed by atoms with van der Waals surface area (Å²) >= 11 is 0. The fraction of sp³-hybridized carbons (Fsp3) is 0.333. The second-order valence-electron chi connectivity index (χ2n) is 6.97. The van der Waals surface area contributed by atoms with Crippen LogP contribution in [-0.2, 0) is 0 Å². The monoisotopic (exact) mass is 349 g/mol. The highest BCUT2D eigenvalue weighted by molar-refractivity contribution is 5.94. The Labute approximate surface area is 153 Å². The van der Waals surface area contributed by atoms with Gasteiger partial charge in [-0.05, 0) is 49.9 Å². The number of amides is 1. The molecule has 0 bridgehead atoms. The first-order valence-electron chi connectivity index (χ1n) is 9.14. The van der Waals surface area contributed by atoms with Crippen LogP contribution in [0.1, 0.15) is 28.8 Å². The summed E-state index contributed by atoms with van der Waals surface area (Å²) in [6, 6.07) is 16.2. The first kappa shape index (κ1) is 16.6. The van der Waals surface area contributed by atoms with E-state index >= 15 is 0 Å². The molecule has 5 heteroatoms. The maximum absolute atomic E-state index is 12.2. The molecule has 1 N–H and O–H groups in total. The van der Waals surface area contributed by atoms with Crippen molar-refractivity contribution in [2.24, 2.45) is 5.92 Å². The van der Waals surface area contributed by atoms with E-state index in [-0.39, 0.29) is 5.91 Å². The van der Waals surface area contributed by atoms with Crippen LogP contribution in [-0.4, -0.2) is 30.5 Å². The van der Waals surface area contributed by atoms with Crippen molar-refractivity contribution in [1.29, 1.82) is 0 Å². The average molecular weight is 349 g/mol. The molecule has 4 rings (SSSR count). The first-order valence-corrected chi connectivity index (χ1v) is 9.14. The molecule has 1 saturated heterocycles. The molecular formula is C21H23N3O2. The number of carbonyl (C=O) groups is 1. The van der Waals surface area contributed by atoms with E-state index in [0.717, 1.165) is 48.2 Å². The van der Waals surface area contributed by atoms with Gasteiger partial charge in [0.25, 0.3) is 11.9 Å². The largest absolute Gasteiger partial charge is 0.423 e. The molecule has 2 heterocycles. The zero-order valence-electron chi connectivity index (χ0n) is 14.9. The van der Waals surface area contributed by atoms with Crippen LogP contribution in [0.15, 0.2) is 52.9 Å². The van der Waals surface area contributed by atoms with Crippen molar-refractivity contribution in [3.8, 4) is 0 Å². The van der Waals surface area contributed by atoms with Gasteiger partial charge in [-0.25, -0.2) is 0 Å². The minimum Gasteiger partial charge on any atom is -0.423 e. The molecule has 0 radical (unpaired) electrons. The SMILES string of the molecule is Cc1ccc(C(=O)NCC2CCN(c3nc4ccccc4o3)CC2)cc1. The Morgan fingerprint density at radius 3 is 2.62 bits per heavy atom. The maximum Gasteiger partial charge on any atom is 0.298 e. The fourth-order valence-corrected chi connectivity index (χ4v) is 3.37. The van der Waals surface area contributed by atoms with E-state index < -0.39 is 0 Å². The number of para-hydroxylation sites is 2. The summed E-state index contributed by atoms with van der Waals surface area (Å²) in [5.74, 6) is 0.497. The summed E-state index contributed by atoms with van der Waals surface area (Å²) in [6.45, 7) is 4.54. The lowest BCUT2D eigenvalue weighted by atomic mass is 9.97. The number of anilines is 1. The Bertz CT molecular complexity index is 860. The van der Waals surface area contributed by atoms with E-state index in [0.29, 0.717) is 18.5 Å². The predicted octanol–water partition coefficient (Wildman–Crippen LogP) is 3.78. The molecule has 3 aromatic rings. The van der Waals surface area contributed by atoms with Crippen LogP contribution >= 0.6 is 0 Å². The summed E-state index contributed by atoms with van der Waals surface area (Å²) in [5, 5.41) is 3.07. The molecule has 0 atom stereocenters. The molecule has 134 valence electrons. The Kier molecular flexibility index (Phi) is 4.61. The Morgan fingerprint density at radius 1 is 1.15 bits per heavy atom. The van der Waals surface area contributed by atoms with Gasteiger partial charge in [-0.1, -0.05) is 29.8 Å². The summed E-state index contributed by atoms with van der Waals surface area (Å²) in [6.07, 6.45) is 2.04. The lowest BCUT2D eigenvalue weighted by molar-refractivity contribution is 0.0945. The van der Waals surface area contributed by atoms with E-state index in [9.17, 15) is 4.79 Å². The number of fused-ring (bicyclic) bond motifs is 1. The second-order valence-corrected chi connectivity index (χ2v) is 6.97. The van der Waals surface area contributed by atoms with Crippen LogP contribution < -0.4 is 10.2 Å². The molecule has 1 aliphatic rings. The zero-order valence-corrected chi connectivity index (χ0v) is 14.9. The Morgan fingerprint density at radius 2 is 1.88 bits per heavy atom. The van der Waals surface area contributed by atoms with Crippen LogP contribution in [0.2, 0.25) is 0 Å². The molecular weight excluding hydrogens is 326 g/mol. The topological polar surface area (TPSA) is 58.4 Å². The number of oxazole rings is 1. The van der Waals surface area contributed by atoms with Gasteiger partial charge in [-0.15, -0.1) is 0 Å². The van der Waals surface area contributed by atoms with Crippen LogP contribution in [0.25, 0.3) is 11.1 Å². The normalized spacial score (nSPS) is 15.3. The van der Waals surface area contributed by atoms with Crippen molar-refractivity contribution < 1.29 is 9.21 Å². The Hall–Kier alpha value is -2.82. The number of nitrogens with zero attached hydrogens (tertiary/aromatic N) is 2. The van der Waals surface area contributed by atoms with Crippen molar-refractivity contribution in [3.05, 3.63) is 59.7 Å². The van der Waals surface area contributed by atoms with Crippen molar-refractivity contribution >= 4 is 23.0 Å². The molecule has 2 aromatic carbocycles. The van der Waals surface area contributed by atoms with E-state index in [2.05, 4.69) is 15.2 Å². The minimum atomic E-state index is 0.00591. The van der Waals surface area contributed by atoms with E-state index in [1.807, 2.05) is 55.5 Å². The highest BCUT2D eigenvalue weighted by atomic mass is 16.4. The molecule has 1 fully saturated rings. The molecule has 26 heavy (non-hydrogen) atoms. The molecule has 1 aliphatic heterocycles. The van der Waals surface area contributed by atoms with Gasteiger partial charge in [-0.3, -0.25) is 4.79 Å². The Balaban J connectivity index is 1.29. The third kappa shape index (κ3) is 3.57. The molecule has 5 nitrogen and oxygen atoms in total. The summed E-state index contributed by atoms with van der Waals surface area (Å²) in [7, 11) is 0. The third-order valence-corrected chi connectivity index (χ3v) is 5.03. The quantitative estimate of drug-likeness (QED) is 0.779. The minimum absolute atomic E-state index is 0.00591. The molecule has 0 aliphatic carbocycles. The second kappa shape index (κ2) is 7.20. The van der Waals surface area contributed by atoms with Gasteiger partial charge >= 0.3 is 0 Å². The molecule has 1 aromatic heterocycles. The van der Waals surface area contributed by atoms with E-state index in [4.69, 9.17) is 4.42 Å². The van der Waals surface area contributed by atoms with Crippen LogP contribution in [0, 0.1) is 12.8 Å². The van der Waals surface area contributed by atoms with Gasteiger partial charge in [-0.2, -0.15) is 4.98 Å². The van der Waals surface area contributed by atoms with Crippen LogP contribution in [0.3, 0.4) is 0 Å². The number of aromatic nitrogens is 1. The number of hydrogen-bond donors (Lipinski definition) is 1.